The van der Waals surface area contributed by atoms with Crippen LogP contribution >= 0.6 is 0 Å². The standard InChI is InChI=1S/C23H19N3O/c1-15-22(16(2)27-25-15)18-12-21-23(24-13-18)19-10-6-7-11-20(19)26(21)14-17-8-4-3-5-9-17/h3-13H,14H2,1-2H3. The molecule has 0 atom stereocenters. The molecule has 5 aromatic rings. The molecule has 4 heteroatoms. The Morgan fingerprint density at radius 1 is 0.926 bits per heavy atom. The van der Waals surface area contributed by atoms with Gasteiger partial charge in [-0.05, 0) is 31.5 Å². The van der Waals surface area contributed by atoms with Crippen LogP contribution in [0.3, 0.4) is 0 Å². The highest BCUT2D eigenvalue weighted by molar-refractivity contribution is 6.06. The molecule has 0 aliphatic carbocycles. The van der Waals surface area contributed by atoms with E-state index in [2.05, 4.69) is 64.3 Å². The van der Waals surface area contributed by atoms with Gasteiger partial charge in [-0.3, -0.25) is 4.98 Å². The molecule has 0 fully saturated rings. The molecule has 2 aromatic carbocycles. The number of para-hydroxylation sites is 1. The number of hydrogen-bond donors (Lipinski definition) is 0. The molecular formula is C23H19N3O. The molecule has 3 aromatic heterocycles. The second-order valence-electron chi connectivity index (χ2n) is 6.88. The molecule has 132 valence electrons. The van der Waals surface area contributed by atoms with Gasteiger partial charge < -0.3 is 9.09 Å². The molecule has 4 nitrogen and oxygen atoms in total. The van der Waals surface area contributed by atoms with E-state index < -0.39 is 0 Å². The Bertz CT molecular complexity index is 1250. The summed E-state index contributed by atoms with van der Waals surface area (Å²) in [6.45, 7) is 4.71. The predicted molar refractivity (Wildman–Crippen MR) is 108 cm³/mol. The zero-order valence-electron chi connectivity index (χ0n) is 15.3. The Hall–Kier alpha value is -3.40. The first-order chi connectivity index (χ1) is 13.2. The number of benzene rings is 2. The van der Waals surface area contributed by atoms with E-state index in [4.69, 9.17) is 9.51 Å². The lowest BCUT2D eigenvalue weighted by atomic mass is 10.1. The molecule has 0 aliphatic heterocycles. The third-order valence-electron chi connectivity index (χ3n) is 5.11. The lowest BCUT2D eigenvalue weighted by Crippen LogP contribution is -1.99. The van der Waals surface area contributed by atoms with Crippen molar-refractivity contribution in [1.29, 1.82) is 0 Å². The van der Waals surface area contributed by atoms with E-state index in [-0.39, 0.29) is 0 Å². The summed E-state index contributed by atoms with van der Waals surface area (Å²) in [7, 11) is 0. The monoisotopic (exact) mass is 353 g/mol. The lowest BCUT2D eigenvalue weighted by Gasteiger charge is -2.08. The van der Waals surface area contributed by atoms with Crippen molar-refractivity contribution in [2.75, 3.05) is 0 Å². The van der Waals surface area contributed by atoms with E-state index in [9.17, 15) is 0 Å². The first-order valence-corrected chi connectivity index (χ1v) is 9.06. The second kappa shape index (κ2) is 6.09. The topological polar surface area (TPSA) is 43.9 Å². The van der Waals surface area contributed by atoms with Crippen molar-refractivity contribution in [3.8, 4) is 11.1 Å². The van der Waals surface area contributed by atoms with Crippen LogP contribution < -0.4 is 0 Å². The molecule has 0 saturated heterocycles. The molecule has 27 heavy (non-hydrogen) atoms. The Kier molecular flexibility index (Phi) is 3.57. The van der Waals surface area contributed by atoms with E-state index in [1.165, 1.54) is 16.5 Å². The molecule has 0 bridgehead atoms. The summed E-state index contributed by atoms with van der Waals surface area (Å²) < 4.78 is 7.70. The average Bonchev–Trinajstić information content (AvgIpc) is 3.20. The fraction of sp³-hybridized carbons (Fsp3) is 0.130. The SMILES string of the molecule is Cc1noc(C)c1-c1cnc2c3ccccc3n(Cc3ccccc3)c2c1. The molecule has 0 saturated carbocycles. The molecule has 0 amide bonds. The molecule has 0 unspecified atom stereocenters. The van der Waals surface area contributed by atoms with Crippen molar-refractivity contribution in [2.24, 2.45) is 0 Å². The number of aromatic nitrogens is 3. The molecule has 0 N–H and O–H groups in total. The summed E-state index contributed by atoms with van der Waals surface area (Å²) in [6, 6.07) is 21.2. The molecule has 0 aliphatic rings. The maximum Gasteiger partial charge on any atom is 0.141 e. The second-order valence-corrected chi connectivity index (χ2v) is 6.88. The van der Waals surface area contributed by atoms with Crippen LogP contribution in [0.4, 0.5) is 0 Å². The van der Waals surface area contributed by atoms with Crippen LogP contribution in [0.5, 0.6) is 0 Å². The Labute approximate surface area is 157 Å². The van der Waals surface area contributed by atoms with Crippen molar-refractivity contribution in [1.82, 2.24) is 14.7 Å². The fourth-order valence-electron chi connectivity index (χ4n) is 3.87. The average molecular weight is 353 g/mol. The summed E-state index contributed by atoms with van der Waals surface area (Å²) in [4.78, 5) is 4.82. The van der Waals surface area contributed by atoms with E-state index in [1.807, 2.05) is 26.1 Å². The normalized spacial score (nSPS) is 11.5. The van der Waals surface area contributed by atoms with Gasteiger partial charge in [0.25, 0.3) is 0 Å². The highest BCUT2D eigenvalue weighted by atomic mass is 16.5. The Balaban J connectivity index is 1.78. The summed E-state index contributed by atoms with van der Waals surface area (Å²) in [5.41, 5.74) is 7.56. The molecule has 0 radical (unpaired) electrons. The van der Waals surface area contributed by atoms with E-state index in [0.717, 1.165) is 40.2 Å². The summed E-state index contributed by atoms with van der Waals surface area (Å²) in [6.07, 6.45) is 1.92. The van der Waals surface area contributed by atoms with Crippen LogP contribution in [0.25, 0.3) is 33.1 Å². The highest BCUT2D eigenvalue weighted by Crippen LogP contribution is 2.33. The highest BCUT2D eigenvalue weighted by Gasteiger charge is 2.16. The van der Waals surface area contributed by atoms with Crippen LogP contribution in [0.1, 0.15) is 17.0 Å². The minimum absolute atomic E-state index is 0.803. The van der Waals surface area contributed by atoms with Crippen LogP contribution in [0.15, 0.2) is 71.4 Å². The van der Waals surface area contributed by atoms with Gasteiger partial charge in [0.15, 0.2) is 0 Å². The largest absolute Gasteiger partial charge is 0.361 e. The number of nitrogens with zero attached hydrogens (tertiary/aromatic N) is 3. The number of aryl methyl sites for hydroxylation is 2. The molecular weight excluding hydrogens is 334 g/mol. The van der Waals surface area contributed by atoms with Crippen molar-refractivity contribution in [3.05, 3.63) is 83.9 Å². The fourth-order valence-corrected chi connectivity index (χ4v) is 3.87. The van der Waals surface area contributed by atoms with Gasteiger partial charge in [-0.25, -0.2) is 0 Å². The number of pyridine rings is 1. The maximum atomic E-state index is 5.36. The first-order valence-electron chi connectivity index (χ1n) is 9.06. The van der Waals surface area contributed by atoms with Crippen molar-refractivity contribution in [3.63, 3.8) is 0 Å². The van der Waals surface area contributed by atoms with E-state index in [0.29, 0.717) is 0 Å². The summed E-state index contributed by atoms with van der Waals surface area (Å²) in [5.74, 6) is 0.819. The number of hydrogen-bond acceptors (Lipinski definition) is 3. The van der Waals surface area contributed by atoms with Gasteiger partial charge in [0.05, 0.1) is 22.2 Å². The third-order valence-corrected chi connectivity index (χ3v) is 5.11. The minimum atomic E-state index is 0.803. The van der Waals surface area contributed by atoms with Gasteiger partial charge in [-0.15, -0.1) is 0 Å². The smallest absolute Gasteiger partial charge is 0.141 e. The zero-order chi connectivity index (χ0) is 18.4. The van der Waals surface area contributed by atoms with Gasteiger partial charge in [-0.1, -0.05) is 53.7 Å². The maximum absolute atomic E-state index is 5.36. The molecule has 0 spiro atoms. The zero-order valence-corrected chi connectivity index (χ0v) is 15.3. The predicted octanol–water partition coefficient (Wildman–Crippen LogP) is 5.51. The van der Waals surface area contributed by atoms with Gasteiger partial charge in [0, 0.05) is 29.3 Å². The lowest BCUT2D eigenvalue weighted by molar-refractivity contribution is 0.393. The van der Waals surface area contributed by atoms with Crippen LogP contribution in [-0.4, -0.2) is 14.7 Å². The van der Waals surface area contributed by atoms with E-state index in [1.54, 1.807) is 0 Å². The van der Waals surface area contributed by atoms with E-state index >= 15 is 0 Å². The molecule has 3 heterocycles. The van der Waals surface area contributed by atoms with Gasteiger partial charge in [-0.2, -0.15) is 0 Å². The minimum Gasteiger partial charge on any atom is -0.361 e. The van der Waals surface area contributed by atoms with Crippen molar-refractivity contribution >= 4 is 21.9 Å². The van der Waals surface area contributed by atoms with Crippen molar-refractivity contribution < 1.29 is 4.52 Å². The van der Waals surface area contributed by atoms with Gasteiger partial charge in [0.2, 0.25) is 0 Å². The number of rotatable bonds is 3. The van der Waals surface area contributed by atoms with Gasteiger partial charge in [0.1, 0.15) is 5.76 Å². The summed E-state index contributed by atoms with van der Waals surface area (Å²) in [5, 5.41) is 5.27. The third kappa shape index (κ3) is 2.53. The van der Waals surface area contributed by atoms with Crippen LogP contribution in [-0.2, 0) is 6.54 Å². The quantitative estimate of drug-likeness (QED) is 0.429. The first kappa shape index (κ1) is 15.8. The number of fused-ring (bicyclic) bond motifs is 3. The Morgan fingerprint density at radius 2 is 1.70 bits per heavy atom. The van der Waals surface area contributed by atoms with Crippen molar-refractivity contribution in [2.45, 2.75) is 20.4 Å². The van der Waals surface area contributed by atoms with Crippen LogP contribution in [0.2, 0.25) is 0 Å². The van der Waals surface area contributed by atoms with Gasteiger partial charge >= 0.3 is 0 Å². The summed E-state index contributed by atoms with van der Waals surface area (Å²) >= 11 is 0. The van der Waals surface area contributed by atoms with Crippen LogP contribution in [0, 0.1) is 13.8 Å². The molecule has 5 rings (SSSR count). The Morgan fingerprint density at radius 3 is 2.48 bits per heavy atom.